The van der Waals surface area contributed by atoms with Crippen LogP contribution in [0.25, 0.3) is 0 Å². The van der Waals surface area contributed by atoms with Gasteiger partial charge in [-0.25, -0.2) is 9.18 Å². The van der Waals surface area contributed by atoms with E-state index in [1.54, 1.807) is 6.07 Å². The molecule has 28 heavy (non-hydrogen) atoms. The summed E-state index contributed by atoms with van der Waals surface area (Å²) in [5, 5.41) is 5.25. The number of alkyl halides is 3. The number of urea groups is 1. The Hall–Kier alpha value is -2.61. The third kappa shape index (κ3) is 5.69. The van der Waals surface area contributed by atoms with Gasteiger partial charge in [0.05, 0.1) is 5.56 Å². The van der Waals surface area contributed by atoms with Crippen LogP contribution in [-0.4, -0.2) is 30.1 Å². The lowest BCUT2D eigenvalue weighted by molar-refractivity contribution is -0.137. The minimum atomic E-state index is -4.46. The maximum atomic E-state index is 13.3. The average Bonchev–Trinajstić information content (AvgIpc) is 2.63. The van der Waals surface area contributed by atoms with E-state index in [0.717, 1.165) is 30.8 Å². The van der Waals surface area contributed by atoms with Crippen molar-refractivity contribution in [2.24, 2.45) is 0 Å². The second kappa shape index (κ2) is 8.60. The third-order valence-corrected chi connectivity index (χ3v) is 4.67. The van der Waals surface area contributed by atoms with Gasteiger partial charge in [-0.3, -0.25) is 4.90 Å². The zero-order valence-corrected chi connectivity index (χ0v) is 15.1. The van der Waals surface area contributed by atoms with Crippen LogP contribution in [0.15, 0.2) is 48.5 Å². The van der Waals surface area contributed by atoms with E-state index in [1.807, 2.05) is 6.07 Å². The smallest absolute Gasteiger partial charge is 0.335 e. The van der Waals surface area contributed by atoms with Crippen LogP contribution in [0.4, 0.5) is 28.0 Å². The molecule has 0 aromatic heterocycles. The predicted molar refractivity (Wildman–Crippen MR) is 98.3 cm³/mol. The number of likely N-dealkylation sites (tertiary alicyclic amines) is 1. The Morgan fingerprint density at radius 1 is 1.07 bits per heavy atom. The molecule has 0 unspecified atom stereocenters. The van der Waals surface area contributed by atoms with Crippen molar-refractivity contribution in [3.8, 4) is 0 Å². The van der Waals surface area contributed by atoms with E-state index < -0.39 is 17.8 Å². The molecule has 0 atom stereocenters. The molecule has 2 aromatic rings. The Balaban J connectivity index is 1.46. The van der Waals surface area contributed by atoms with E-state index in [2.05, 4.69) is 15.5 Å². The minimum absolute atomic E-state index is 0.0606. The quantitative estimate of drug-likeness (QED) is 0.742. The van der Waals surface area contributed by atoms with Crippen molar-refractivity contribution in [3.63, 3.8) is 0 Å². The highest BCUT2D eigenvalue weighted by Crippen LogP contribution is 2.30. The third-order valence-electron chi connectivity index (χ3n) is 4.67. The maximum absolute atomic E-state index is 13.3. The van der Waals surface area contributed by atoms with Gasteiger partial charge < -0.3 is 10.6 Å². The average molecular weight is 395 g/mol. The number of benzene rings is 2. The molecule has 2 aromatic carbocycles. The summed E-state index contributed by atoms with van der Waals surface area (Å²) in [4.78, 5) is 14.3. The Labute approximate surface area is 160 Å². The summed E-state index contributed by atoms with van der Waals surface area (Å²) in [7, 11) is 0. The van der Waals surface area contributed by atoms with E-state index in [9.17, 15) is 22.4 Å². The first-order valence-corrected chi connectivity index (χ1v) is 9.01. The van der Waals surface area contributed by atoms with Crippen LogP contribution in [0.1, 0.15) is 24.0 Å². The zero-order chi connectivity index (χ0) is 20.1. The summed E-state index contributed by atoms with van der Waals surface area (Å²) in [6.07, 6.45) is -3.03. The number of amides is 2. The normalized spacial score (nSPS) is 16.0. The van der Waals surface area contributed by atoms with E-state index >= 15 is 0 Å². The summed E-state index contributed by atoms with van der Waals surface area (Å²) in [5.74, 6) is -0.264. The van der Waals surface area contributed by atoms with Crippen molar-refractivity contribution in [2.75, 3.05) is 18.4 Å². The number of rotatable bonds is 4. The first kappa shape index (κ1) is 20.1. The SMILES string of the molecule is O=C(Nc1cccc(C(F)(F)F)c1)NC1CCN(Cc2cccc(F)c2)CC1. The summed E-state index contributed by atoms with van der Waals surface area (Å²) in [6.45, 7) is 2.12. The van der Waals surface area contributed by atoms with E-state index in [-0.39, 0.29) is 17.5 Å². The largest absolute Gasteiger partial charge is 0.416 e. The fourth-order valence-electron chi connectivity index (χ4n) is 3.25. The summed E-state index contributed by atoms with van der Waals surface area (Å²) < 4.78 is 51.5. The fraction of sp³-hybridized carbons (Fsp3) is 0.350. The number of hydrogen-bond donors (Lipinski definition) is 2. The molecular formula is C20H21F4N3O. The first-order valence-electron chi connectivity index (χ1n) is 9.01. The van der Waals surface area contributed by atoms with Gasteiger partial charge in [0.15, 0.2) is 0 Å². The maximum Gasteiger partial charge on any atom is 0.416 e. The van der Waals surface area contributed by atoms with Crippen molar-refractivity contribution in [1.29, 1.82) is 0 Å². The Kier molecular flexibility index (Phi) is 6.18. The summed E-state index contributed by atoms with van der Waals surface area (Å²) in [6, 6.07) is 10.4. The highest BCUT2D eigenvalue weighted by molar-refractivity contribution is 5.89. The minimum Gasteiger partial charge on any atom is -0.335 e. The molecule has 1 fully saturated rings. The highest BCUT2D eigenvalue weighted by Gasteiger charge is 2.30. The molecule has 3 rings (SSSR count). The molecule has 8 heteroatoms. The molecule has 2 N–H and O–H groups in total. The molecule has 4 nitrogen and oxygen atoms in total. The first-order chi connectivity index (χ1) is 13.3. The van der Waals surface area contributed by atoms with Gasteiger partial charge in [-0.05, 0) is 48.7 Å². The van der Waals surface area contributed by atoms with Gasteiger partial charge in [-0.2, -0.15) is 13.2 Å². The second-order valence-electron chi connectivity index (χ2n) is 6.86. The Morgan fingerprint density at radius 3 is 2.46 bits per heavy atom. The topological polar surface area (TPSA) is 44.4 Å². The molecular weight excluding hydrogens is 374 g/mol. The van der Waals surface area contributed by atoms with E-state index in [4.69, 9.17) is 0 Å². The molecule has 2 amide bonds. The van der Waals surface area contributed by atoms with Crippen LogP contribution in [0, 0.1) is 5.82 Å². The van der Waals surface area contributed by atoms with Crippen molar-refractivity contribution >= 4 is 11.7 Å². The van der Waals surface area contributed by atoms with Crippen molar-refractivity contribution < 1.29 is 22.4 Å². The number of halogens is 4. The van der Waals surface area contributed by atoms with E-state index in [1.165, 1.54) is 24.3 Å². The van der Waals surface area contributed by atoms with Gasteiger partial charge in [0, 0.05) is 31.4 Å². The molecule has 1 aliphatic heterocycles. The molecule has 0 saturated carbocycles. The number of carbonyl (C=O) groups is 1. The van der Waals surface area contributed by atoms with Gasteiger partial charge in [-0.15, -0.1) is 0 Å². The molecule has 1 aliphatic rings. The predicted octanol–water partition coefficient (Wildman–Crippen LogP) is 4.63. The lowest BCUT2D eigenvalue weighted by Gasteiger charge is -2.32. The molecule has 150 valence electrons. The van der Waals surface area contributed by atoms with Crippen LogP contribution in [0.3, 0.4) is 0 Å². The van der Waals surface area contributed by atoms with Crippen LogP contribution in [-0.2, 0) is 12.7 Å². The number of hydrogen-bond acceptors (Lipinski definition) is 2. The number of nitrogens with one attached hydrogen (secondary N) is 2. The van der Waals surface area contributed by atoms with Gasteiger partial charge >= 0.3 is 12.2 Å². The lowest BCUT2D eigenvalue weighted by Crippen LogP contribution is -2.45. The van der Waals surface area contributed by atoms with Gasteiger partial charge in [0.1, 0.15) is 5.82 Å². The number of nitrogens with zero attached hydrogens (tertiary/aromatic N) is 1. The molecule has 1 saturated heterocycles. The van der Waals surface area contributed by atoms with Crippen molar-refractivity contribution in [3.05, 3.63) is 65.5 Å². The molecule has 0 radical (unpaired) electrons. The second-order valence-corrected chi connectivity index (χ2v) is 6.86. The zero-order valence-electron chi connectivity index (χ0n) is 15.1. The summed E-state index contributed by atoms with van der Waals surface area (Å²) >= 11 is 0. The Morgan fingerprint density at radius 2 is 1.79 bits per heavy atom. The summed E-state index contributed by atoms with van der Waals surface area (Å²) in [5.41, 5.74) is 0.181. The lowest BCUT2D eigenvalue weighted by atomic mass is 10.0. The van der Waals surface area contributed by atoms with Crippen molar-refractivity contribution in [1.82, 2.24) is 10.2 Å². The van der Waals surface area contributed by atoms with Crippen molar-refractivity contribution in [2.45, 2.75) is 31.6 Å². The van der Waals surface area contributed by atoms with Crippen LogP contribution >= 0.6 is 0 Å². The van der Waals surface area contributed by atoms with Gasteiger partial charge in [0.25, 0.3) is 0 Å². The van der Waals surface area contributed by atoms with Crippen LogP contribution in [0.2, 0.25) is 0 Å². The highest BCUT2D eigenvalue weighted by atomic mass is 19.4. The number of piperidine rings is 1. The van der Waals surface area contributed by atoms with E-state index in [0.29, 0.717) is 19.4 Å². The molecule has 0 bridgehead atoms. The standard InChI is InChI=1S/C20H21F4N3O/c21-16-5-1-3-14(11-16)13-27-9-7-17(8-10-27)25-19(28)26-18-6-2-4-15(12-18)20(22,23)24/h1-6,11-12,17H,7-10,13H2,(H2,25,26,28). The Bertz CT molecular complexity index is 817. The fourth-order valence-corrected chi connectivity index (χ4v) is 3.25. The molecule has 0 aliphatic carbocycles. The number of carbonyl (C=O) groups excluding carboxylic acids is 1. The number of anilines is 1. The molecule has 1 heterocycles. The van der Waals surface area contributed by atoms with Crippen LogP contribution in [0.5, 0.6) is 0 Å². The van der Waals surface area contributed by atoms with Crippen LogP contribution < -0.4 is 10.6 Å². The van der Waals surface area contributed by atoms with Gasteiger partial charge in [0.2, 0.25) is 0 Å². The van der Waals surface area contributed by atoms with Gasteiger partial charge in [-0.1, -0.05) is 18.2 Å². The monoisotopic (exact) mass is 395 g/mol. The molecule has 0 spiro atoms.